The lowest BCUT2D eigenvalue weighted by atomic mass is 9.80. The topological polar surface area (TPSA) is 68.2 Å². The van der Waals surface area contributed by atoms with E-state index in [1.807, 2.05) is 0 Å². The number of methoxy groups -OCH3 is 2. The van der Waals surface area contributed by atoms with Gasteiger partial charge in [-0.05, 0) is 24.5 Å². The number of phenols is 2. The van der Waals surface area contributed by atoms with Crippen molar-refractivity contribution >= 4 is 0 Å². The van der Waals surface area contributed by atoms with Crippen molar-refractivity contribution < 1.29 is 24.4 Å². The number of ether oxygens (including phenoxy) is 3. The highest BCUT2D eigenvalue weighted by Gasteiger charge is 2.34. The first-order valence-electron chi connectivity index (χ1n) is 7.13. The molecule has 0 saturated carbocycles. The van der Waals surface area contributed by atoms with Crippen molar-refractivity contribution in [3.8, 4) is 39.9 Å². The predicted octanol–water partition coefficient (Wildman–Crippen LogP) is 2.77. The van der Waals surface area contributed by atoms with Gasteiger partial charge in [0.15, 0.2) is 11.5 Å². The quantitative estimate of drug-likeness (QED) is 0.892. The fourth-order valence-electron chi connectivity index (χ4n) is 3.54. The Bertz CT molecular complexity index is 777. The van der Waals surface area contributed by atoms with Crippen LogP contribution in [-0.2, 0) is 19.4 Å². The van der Waals surface area contributed by atoms with E-state index in [1.54, 1.807) is 19.2 Å². The van der Waals surface area contributed by atoms with Crippen LogP contribution in [0.4, 0.5) is 0 Å². The van der Waals surface area contributed by atoms with Crippen LogP contribution in [-0.4, -0.2) is 24.4 Å². The summed E-state index contributed by atoms with van der Waals surface area (Å²) in [7, 11) is 3.09. The molecule has 0 spiro atoms. The van der Waals surface area contributed by atoms with Crippen molar-refractivity contribution in [3.63, 3.8) is 0 Å². The molecule has 2 aliphatic rings. The van der Waals surface area contributed by atoms with E-state index in [9.17, 15) is 10.2 Å². The molecule has 1 aliphatic heterocycles. The van der Waals surface area contributed by atoms with Gasteiger partial charge >= 0.3 is 0 Å². The van der Waals surface area contributed by atoms with E-state index in [-0.39, 0.29) is 18.1 Å². The molecule has 0 amide bonds. The average Bonchev–Trinajstić information content (AvgIpc) is 2.52. The van der Waals surface area contributed by atoms with Gasteiger partial charge in [-0.2, -0.15) is 0 Å². The first kappa shape index (κ1) is 13.1. The normalized spacial score (nSPS) is 14.1. The third kappa shape index (κ3) is 1.53. The van der Waals surface area contributed by atoms with Crippen molar-refractivity contribution in [1.29, 1.82) is 0 Å². The smallest absolute Gasteiger partial charge is 0.203 e. The van der Waals surface area contributed by atoms with Crippen molar-refractivity contribution in [2.24, 2.45) is 0 Å². The zero-order valence-corrected chi connectivity index (χ0v) is 12.4. The summed E-state index contributed by atoms with van der Waals surface area (Å²) in [4.78, 5) is 0. The number of benzene rings is 2. The lowest BCUT2D eigenvalue weighted by Gasteiger charge is -2.31. The highest BCUT2D eigenvalue weighted by molar-refractivity contribution is 5.88. The third-order valence-corrected chi connectivity index (χ3v) is 4.43. The minimum Gasteiger partial charge on any atom is -0.508 e. The van der Waals surface area contributed by atoms with Crippen LogP contribution >= 0.6 is 0 Å². The van der Waals surface area contributed by atoms with Gasteiger partial charge in [0.2, 0.25) is 5.75 Å². The number of aryl methyl sites for hydroxylation is 1. The van der Waals surface area contributed by atoms with Gasteiger partial charge in [0.25, 0.3) is 0 Å². The van der Waals surface area contributed by atoms with Crippen LogP contribution in [0.3, 0.4) is 0 Å². The van der Waals surface area contributed by atoms with Crippen molar-refractivity contribution in [3.05, 3.63) is 28.8 Å². The molecule has 0 fully saturated rings. The van der Waals surface area contributed by atoms with Crippen LogP contribution in [0.15, 0.2) is 12.1 Å². The van der Waals surface area contributed by atoms with Crippen LogP contribution in [0.5, 0.6) is 28.7 Å². The molecule has 0 bridgehead atoms. The third-order valence-electron chi connectivity index (χ3n) is 4.43. The first-order valence-corrected chi connectivity index (χ1v) is 7.13. The predicted molar refractivity (Wildman–Crippen MR) is 80.1 cm³/mol. The molecule has 0 radical (unpaired) electrons. The van der Waals surface area contributed by atoms with Crippen LogP contribution in [0, 0.1) is 0 Å². The summed E-state index contributed by atoms with van der Waals surface area (Å²) in [6, 6.07) is 3.37. The van der Waals surface area contributed by atoms with Gasteiger partial charge in [0, 0.05) is 28.3 Å². The Morgan fingerprint density at radius 1 is 0.955 bits per heavy atom. The summed E-state index contributed by atoms with van der Waals surface area (Å²) in [5, 5.41) is 20.4. The minimum absolute atomic E-state index is 0.0599. The average molecular weight is 300 g/mol. The number of hydrogen-bond donors (Lipinski definition) is 2. The second kappa shape index (κ2) is 4.47. The monoisotopic (exact) mass is 300 g/mol. The van der Waals surface area contributed by atoms with Crippen molar-refractivity contribution in [2.75, 3.05) is 14.2 Å². The standard InChI is InChI=1S/C17H16O5/c1-20-16-10-4-3-8-5-9(18)6-12-13(8)14(10)11(7-22-12)15(19)17(16)21-2/h5-6,18-19H,3-4,7H2,1-2H3. The van der Waals surface area contributed by atoms with E-state index in [0.717, 1.165) is 35.1 Å². The van der Waals surface area contributed by atoms with Crippen LogP contribution in [0.1, 0.15) is 16.7 Å². The molecule has 0 saturated heterocycles. The van der Waals surface area contributed by atoms with Gasteiger partial charge in [-0.25, -0.2) is 0 Å². The first-order chi connectivity index (χ1) is 10.7. The van der Waals surface area contributed by atoms with Crippen molar-refractivity contribution in [2.45, 2.75) is 19.4 Å². The molecule has 22 heavy (non-hydrogen) atoms. The van der Waals surface area contributed by atoms with Crippen molar-refractivity contribution in [1.82, 2.24) is 0 Å². The van der Waals surface area contributed by atoms with Crippen LogP contribution in [0.2, 0.25) is 0 Å². The van der Waals surface area contributed by atoms with Gasteiger partial charge in [0.1, 0.15) is 18.1 Å². The van der Waals surface area contributed by atoms with Gasteiger partial charge < -0.3 is 24.4 Å². The zero-order chi connectivity index (χ0) is 15.4. The molecule has 4 rings (SSSR count). The van der Waals surface area contributed by atoms with E-state index >= 15 is 0 Å². The zero-order valence-electron chi connectivity index (χ0n) is 12.4. The summed E-state index contributed by atoms with van der Waals surface area (Å²) < 4.78 is 16.6. The molecule has 0 atom stereocenters. The second-order valence-electron chi connectivity index (χ2n) is 5.51. The molecular formula is C17H16O5. The molecular weight excluding hydrogens is 284 g/mol. The Hall–Kier alpha value is -2.56. The van der Waals surface area contributed by atoms with Crippen LogP contribution in [0.25, 0.3) is 11.1 Å². The SMILES string of the molecule is COc1c(O)c2c3c(c1OC)CCc1cc(O)cc(c1-3)OC2. The maximum atomic E-state index is 10.5. The lowest BCUT2D eigenvalue weighted by Crippen LogP contribution is -2.16. The van der Waals surface area contributed by atoms with Gasteiger partial charge in [-0.1, -0.05) is 0 Å². The molecule has 2 aromatic rings. The summed E-state index contributed by atoms with van der Waals surface area (Å²) in [6.07, 6.45) is 1.54. The fraction of sp³-hybridized carbons (Fsp3) is 0.294. The summed E-state index contributed by atoms with van der Waals surface area (Å²) in [6.45, 7) is 0.240. The summed E-state index contributed by atoms with van der Waals surface area (Å²) in [5.41, 5.74) is 4.66. The number of rotatable bonds is 2. The van der Waals surface area contributed by atoms with E-state index in [0.29, 0.717) is 22.8 Å². The molecule has 5 nitrogen and oxygen atoms in total. The largest absolute Gasteiger partial charge is 0.508 e. The van der Waals surface area contributed by atoms with E-state index < -0.39 is 0 Å². The number of hydrogen-bond acceptors (Lipinski definition) is 5. The summed E-state index contributed by atoms with van der Waals surface area (Å²) in [5.74, 6) is 1.83. The Labute approximate surface area is 127 Å². The number of phenolic OH excluding ortho intramolecular Hbond substituents is 2. The molecule has 5 heteroatoms. The summed E-state index contributed by atoms with van der Waals surface area (Å²) >= 11 is 0. The highest BCUT2D eigenvalue weighted by Crippen LogP contribution is 2.55. The Kier molecular flexibility index (Phi) is 2.66. The van der Waals surface area contributed by atoms with E-state index in [2.05, 4.69) is 0 Å². The maximum absolute atomic E-state index is 10.5. The molecule has 1 aliphatic carbocycles. The van der Waals surface area contributed by atoms with Crippen LogP contribution < -0.4 is 14.2 Å². The maximum Gasteiger partial charge on any atom is 0.203 e. The lowest BCUT2D eigenvalue weighted by molar-refractivity contribution is 0.283. The van der Waals surface area contributed by atoms with E-state index in [4.69, 9.17) is 14.2 Å². The second-order valence-corrected chi connectivity index (χ2v) is 5.51. The van der Waals surface area contributed by atoms with Gasteiger partial charge in [-0.15, -0.1) is 0 Å². The Balaban J connectivity index is 2.12. The molecule has 2 aromatic carbocycles. The Morgan fingerprint density at radius 2 is 1.73 bits per heavy atom. The van der Waals surface area contributed by atoms with Gasteiger partial charge in [-0.3, -0.25) is 0 Å². The van der Waals surface area contributed by atoms with E-state index in [1.165, 1.54) is 7.11 Å². The minimum atomic E-state index is 0.0599. The molecule has 1 heterocycles. The molecule has 0 aromatic heterocycles. The molecule has 0 unspecified atom stereocenters. The number of aromatic hydroxyl groups is 2. The highest BCUT2D eigenvalue weighted by atomic mass is 16.5. The molecule has 2 N–H and O–H groups in total. The molecule has 114 valence electrons. The fourth-order valence-corrected chi connectivity index (χ4v) is 3.54. The van der Waals surface area contributed by atoms with Gasteiger partial charge in [0.05, 0.1) is 14.2 Å². The Morgan fingerprint density at radius 3 is 2.45 bits per heavy atom.